The lowest BCUT2D eigenvalue weighted by molar-refractivity contribution is -0.132. The Labute approximate surface area is 229 Å². The zero-order valence-corrected chi connectivity index (χ0v) is 22.8. The van der Waals surface area contributed by atoms with Crippen LogP contribution in [-0.4, -0.2) is 53.6 Å². The van der Waals surface area contributed by atoms with Gasteiger partial charge in [0.05, 0.1) is 12.1 Å². The van der Waals surface area contributed by atoms with Crippen LogP contribution >= 0.6 is 0 Å². The number of aryl methyl sites for hydroxylation is 1. The summed E-state index contributed by atoms with van der Waals surface area (Å²) < 4.78 is 13.0. The number of amides is 1. The highest BCUT2D eigenvalue weighted by atomic mass is 16.5. The number of para-hydroxylation sites is 2. The van der Waals surface area contributed by atoms with Crippen molar-refractivity contribution in [1.29, 1.82) is 0 Å². The molecule has 7 heteroatoms. The van der Waals surface area contributed by atoms with E-state index < -0.39 is 5.76 Å². The van der Waals surface area contributed by atoms with Gasteiger partial charge in [0.15, 0.2) is 5.58 Å². The van der Waals surface area contributed by atoms with Gasteiger partial charge in [0, 0.05) is 18.7 Å². The lowest BCUT2D eigenvalue weighted by atomic mass is 9.91. The molecule has 0 saturated carbocycles. The minimum absolute atomic E-state index is 0.0570. The van der Waals surface area contributed by atoms with Crippen molar-refractivity contribution in [2.24, 2.45) is 0 Å². The highest BCUT2D eigenvalue weighted by molar-refractivity contribution is 5.79. The third-order valence-electron chi connectivity index (χ3n) is 7.61. The number of aromatic nitrogens is 1. The van der Waals surface area contributed by atoms with Crippen LogP contribution in [0.2, 0.25) is 0 Å². The molecule has 0 spiro atoms. The molecule has 2 heterocycles. The van der Waals surface area contributed by atoms with Crippen LogP contribution in [0.5, 0.6) is 5.75 Å². The van der Waals surface area contributed by atoms with Crippen LogP contribution in [0.15, 0.2) is 82.0 Å². The maximum atomic E-state index is 13.5. The molecule has 5 rings (SSSR count). The van der Waals surface area contributed by atoms with Crippen LogP contribution < -0.4 is 10.5 Å². The third-order valence-corrected chi connectivity index (χ3v) is 7.61. The number of ether oxygens (including phenoxy) is 1. The molecular formula is C32H37N3O4. The van der Waals surface area contributed by atoms with Gasteiger partial charge >= 0.3 is 5.76 Å². The summed E-state index contributed by atoms with van der Waals surface area (Å²) in [6, 6.07) is 24.2. The molecule has 0 saturated heterocycles. The van der Waals surface area contributed by atoms with Gasteiger partial charge in [-0.1, -0.05) is 60.2 Å². The first-order valence-electron chi connectivity index (χ1n) is 13.8. The number of carbonyl (C=O) groups excluding carboxylic acids is 1. The summed E-state index contributed by atoms with van der Waals surface area (Å²) >= 11 is 0. The second-order valence-electron chi connectivity index (χ2n) is 10.5. The molecule has 4 aromatic rings. The maximum Gasteiger partial charge on any atom is 0.420 e. The van der Waals surface area contributed by atoms with Crippen LogP contribution in [0.25, 0.3) is 11.1 Å². The molecule has 1 aliphatic heterocycles. The van der Waals surface area contributed by atoms with Gasteiger partial charge in [0.2, 0.25) is 5.91 Å². The zero-order valence-electron chi connectivity index (χ0n) is 22.8. The molecule has 39 heavy (non-hydrogen) atoms. The zero-order chi connectivity index (χ0) is 27.2. The summed E-state index contributed by atoms with van der Waals surface area (Å²) in [7, 11) is 2.17. The van der Waals surface area contributed by atoms with Gasteiger partial charge in [-0.25, -0.2) is 4.79 Å². The number of hydrogen-bond donors (Lipinski definition) is 0. The van der Waals surface area contributed by atoms with Crippen LogP contribution in [0.4, 0.5) is 0 Å². The molecule has 0 radical (unpaired) electrons. The number of benzene rings is 3. The predicted molar refractivity (Wildman–Crippen MR) is 153 cm³/mol. The predicted octanol–water partition coefficient (Wildman–Crippen LogP) is 5.21. The summed E-state index contributed by atoms with van der Waals surface area (Å²) in [5, 5.41) is 0. The molecule has 0 bridgehead atoms. The van der Waals surface area contributed by atoms with E-state index in [1.807, 2.05) is 23.1 Å². The lowest BCUT2D eigenvalue weighted by Crippen LogP contribution is -2.39. The number of carbonyl (C=O) groups is 1. The molecule has 0 N–H and O–H groups in total. The van der Waals surface area contributed by atoms with E-state index in [0.717, 1.165) is 43.7 Å². The molecule has 0 aliphatic carbocycles. The van der Waals surface area contributed by atoms with E-state index in [4.69, 9.17) is 9.15 Å². The normalized spacial score (nSPS) is 17.8. The first-order chi connectivity index (χ1) is 19.0. The van der Waals surface area contributed by atoms with Crippen molar-refractivity contribution in [3.63, 3.8) is 0 Å². The van der Waals surface area contributed by atoms with Crippen molar-refractivity contribution in [2.45, 2.75) is 45.2 Å². The largest absolute Gasteiger partial charge is 0.491 e. The smallest absolute Gasteiger partial charge is 0.420 e. The van der Waals surface area contributed by atoms with E-state index >= 15 is 0 Å². The Morgan fingerprint density at radius 2 is 1.74 bits per heavy atom. The van der Waals surface area contributed by atoms with Crippen LogP contribution in [0.3, 0.4) is 0 Å². The fourth-order valence-electron chi connectivity index (χ4n) is 5.48. The van der Waals surface area contributed by atoms with Crippen molar-refractivity contribution in [1.82, 2.24) is 14.4 Å². The lowest BCUT2D eigenvalue weighted by Gasteiger charge is -2.27. The van der Waals surface area contributed by atoms with Crippen molar-refractivity contribution in [3.8, 4) is 5.75 Å². The molecule has 1 aliphatic rings. The van der Waals surface area contributed by atoms with Crippen LogP contribution in [0, 0.1) is 6.92 Å². The van der Waals surface area contributed by atoms with Crippen molar-refractivity contribution >= 4 is 17.0 Å². The number of fused-ring (bicyclic) bond motifs is 2. The molecule has 7 nitrogen and oxygen atoms in total. The van der Waals surface area contributed by atoms with Crippen molar-refractivity contribution in [2.75, 3.05) is 33.3 Å². The Balaban J connectivity index is 1.38. The van der Waals surface area contributed by atoms with Gasteiger partial charge < -0.3 is 19.0 Å². The van der Waals surface area contributed by atoms with Gasteiger partial charge in [0.1, 0.15) is 18.9 Å². The van der Waals surface area contributed by atoms with Gasteiger partial charge in [-0.05, 0) is 69.5 Å². The minimum Gasteiger partial charge on any atom is -0.491 e. The molecule has 204 valence electrons. The van der Waals surface area contributed by atoms with E-state index in [-0.39, 0.29) is 12.5 Å². The molecule has 3 aromatic carbocycles. The first-order valence-corrected chi connectivity index (χ1v) is 13.8. The SMILES string of the molecule is Cc1ccc2c(c1)CN(C)CCC(c1ccccc1)CCCN(C(=O)Cn1c(=O)oc3ccccc31)CCO2. The Kier molecular flexibility index (Phi) is 8.47. The first kappa shape index (κ1) is 26.8. The van der Waals surface area contributed by atoms with Gasteiger partial charge in [-0.15, -0.1) is 0 Å². The number of nitrogens with zero attached hydrogens (tertiary/aromatic N) is 3. The molecule has 1 unspecified atom stereocenters. The number of hydrogen-bond acceptors (Lipinski definition) is 5. The van der Waals surface area contributed by atoms with E-state index in [2.05, 4.69) is 61.3 Å². The Hall–Kier alpha value is -3.84. The topological polar surface area (TPSA) is 67.9 Å². The summed E-state index contributed by atoms with van der Waals surface area (Å²) in [6.07, 6.45) is 2.88. The fraction of sp³-hybridized carbons (Fsp3) is 0.375. The van der Waals surface area contributed by atoms with E-state index in [1.54, 1.807) is 12.1 Å². The van der Waals surface area contributed by atoms with Gasteiger partial charge in [-0.2, -0.15) is 0 Å². The van der Waals surface area contributed by atoms with Crippen molar-refractivity contribution < 1.29 is 13.9 Å². The summed E-state index contributed by atoms with van der Waals surface area (Å²) in [4.78, 5) is 30.3. The Morgan fingerprint density at radius 1 is 0.949 bits per heavy atom. The van der Waals surface area contributed by atoms with Crippen molar-refractivity contribution in [3.05, 3.63) is 100 Å². The van der Waals surface area contributed by atoms with Crippen LogP contribution in [-0.2, 0) is 17.9 Å². The third kappa shape index (κ3) is 6.60. The van der Waals surface area contributed by atoms with E-state index in [1.165, 1.54) is 15.7 Å². The van der Waals surface area contributed by atoms with Gasteiger partial charge in [-0.3, -0.25) is 9.36 Å². The molecular weight excluding hydrogens is 490 g/mol. The quantitative estimate of drug-likeness (QED) is 0.366. The van der Waals surface area contributed by atoms with Gasteiger partial charge in [0.25, 0.3) is 0 Å². The molecule has 1 aromatic heterocycles. The Morgan fingerprint density at radius 3 is 2.59 bits per heavy atom. The number of rotatable bonds is 3. The standard InChI is InChI=1S/C32H37N3O4/c1-24-14-15-29-27(21-24)22-33(2)18-16-26(25-9-4-3-5-10-25)11-8-17-34(19-20-38-29)31(36)23-35-28-12-6-7-13-30(28)39-32(35)37/h3-7,9-10,12-15,21,26H,8,11,16-20,22-23H2,1-2H3. The van der Waals surface area contributed by atoms with E-state index in [0.29, 0.717) is 36.7 Å². The average Bonchev–Trinajstić information content (AvgIpc) is 3.25. The maximum absolute atomic E-state index is 13.5. The second-order valence-corrected chi connectivity index (χ2v) is 10.5. The highest BCUT2D eigenvalue weighted by Crippen LogP contribution is 2.27. The van der Waals surface area contributed by atoms with Crippen LogP contribution in [0.1, 0.15) is 41.9 Å². The summed E-state index contributed by atoms with van der Waals surface area (Å²) in [5.74, 6) is 0.635. The Bertz CT molecular complexity index is 1460. The molecule has 0 fully saturated rings. The average molecular weight is 528 g/mol. The summed E-state index contributed by atoms with van der Waals surface area (Å²) in [5.41, 5.74) is 4.81. The van der Waals surface area contributed by atoms with E-state index in [9.17, 15) is 9.59 Å². The second kappa shape index (κ2) is 12.3. The molecule has 1 atom stereocenters. The number of oxazole rings is 1. The molecule has 1 amide bonds. The minimum atomic E-state index is -0.513. The fourth-order valence-corrected chi connectivity index (χ4v) is 5.48. The summed E-state index contributed by atoms with van der Waals surface area (Å²) in [6.45, 7) is 5.24. The monoisotopic (exact) mass is 527 g/mol. The highest BCUT2D eigenvalue weighted by Gasteiger charge is 2.21.